The molecule has 6 aromatic rings. The largest absolute Gasteiger partial charge is 0.494 e. The second-order valence-corrected chi connectivity index (χ2v) is 18.2. The third-order valence-corrected chi connectivity index (χ3v) is 12.0. The van der Waals surface area contributed by atoms with Gasteiger partial charge in [-0.05, 0) is 116 Å². The van der Waals surface area contributed by atoms with E-state index in [-0.39, 0.29) is 48.5 Å². The van der Waals surface area contributed by atoms with E-state index in [0.717, 1.165) is 19.3 Å². The minimum atomic E-state index is -0.669. The lowest BCUT2D eigenvalue weighted by atomic mass is 9.92. The first-order valence-corrected chi connectivity index (χ1v) is 23.3. The van der Waals surface area contributed by atoms with Gasteiger partial charge in [0.25, 0.3) is 5.91 Å². The number of primary amides is 2. The molecule has 1 aliphatic heterocycles. The Hall–Kier alpha value is -7.51. The van der Waals surface area contributed by atoms with Gasteiger partial charge in [-0.1, -0.05) is 12.2 Å². The van der Waals surface area contributed by atoms with Gasteiger partial charge in [-0.2, -0.15) is 10.2 Å². The summed E-state index contributed by atoms with van der Waals surface area (Å²) < 4.78 is 24.7. The topological polar surface area (TPSA) is 252 Å². The average Bonchev–Trinajstić information content (AvgIpc) is 4.07. The zero-order chi connectivity index (χ0) is 49.7. The summed E-state index contributed by atoms with van der Waals surface area (Å²) in [6.45, 7) is 15.9. The smallest absolute Gasteiger partial charge is 0.410 e. The predicted octanol–water partition coefficient (Wildman–Crippen LogP) is 6.38. The van der Waals surface area contributed by atoms with E-state index in [9.17, 15) is 24.0 Å². The first-order chi connectivity index (χ1) is 32.9. The Morgan fingerprint density at radius 2 is 1.35 bits per heavy atom. The molecular formula is C49H62N12O8. The number of aryl methyl sites for hydroxylation is 4. The Morgan fingerprint density at radius 3 is 1.94 bits per heavy atom. The molecule has 1 fully saturated rings. The number of hydrogen-bond acceptors (Lipinski definition) is 12. The van der Waals surface area contributed by atoms with Gasteiger partial charge in [0.15, 0.2) is 5.78 Å². The molecule has 5 heterocycles. The van der Waals surface area contributed by atoms with E-state index in [1.807, 2.05) is 58.3 Å². The zero-order valence-electron chi connectivity index (χ0n) is 40.6. The lowest BCUT2D eigenvalue weighted by molar-refractivity contribution is 0.0179. The van der Waals surface area contributed by atoms with Gasteiger partial charge in [0.2, 0.25) is 17.8 Å². The van der Waals surface area contributed by atoms with E-state index in [2.05, 4.69) is 15.5 Å². The number of allylic oxidation sites excluding steroid dienone is 2. The number of anilines is 1. The fourth-order valence-corrected chi connectivity index (χ4v) is 8.69. The number of Topliss-reactive ketones (excluding diaryl/α,β-unsaturated/α-hetero) is 1. The van der Waals surface area contributed by atoms with Gasteiger partial charge in [0.05, 0.1) is 42.6 Å². The second kappa shape index (κ2) is 20.8. The van der Waals surface area contributed by atoms with Crippen LogP contribution < -0.4 is 26.3 Å². The first-order valence-electron chi connectivity index (χ1n) is 23.3. The molecule has 4 aromatic heterocycles. The van der Waals surface area contributed by atoms with E-state index in [0.29, 0.717) is 107 Å². The Kier molecular flexibility index (Phi) is 14.9. The number of benzene rings is 2. The lowest BCUT2D eigenvalue weighted by Gasteiger charge is -2.33. The highest BCUT2D eigenvalue weighted by Gasteiger charge is 2.28. The van der Waals surface area contributed by atoms with Crippen molar-refractivity contribution in [1.29, 1.82) is 0 Å². The molecule has 5 N–H and O–H groups in total. The van der Waals surface area contributed by atoms with Crippen LogP contribution in [-0.4, -0.2) is 106 Å². The number of hydrogen-bond donors (Lipinski definition) is 3. The van der Waals surface area contributed by atoms with E-state index in [1.54, 1.807) is 56.1 Å². The van der Waals surface area contributed by atoms with E-state index in [1.165, 1.54) is 13.2 Å². The molecule has 0 bridgehead atoms. The predicted molar refractivity (Wildman–Crippen MR) is 259 cm³/mol. The van der Waals surface area contributed by atoms with Crippen LogP contribution in [0.5, 0.6) is 11.5 Å². The number of likely N-dealkylation sites (tertiary alicyclic amines) is 1. The van der Waals surface area contributed by atoms with Crippen LogP contribution in [0, 0.1) is 19.8 Å². The number of ketones is 1. The van der Waals surface area contributed by atoms with Gasteiger partial charge in [-0.25, -0.2) is 14.8 Å². The molecule has 1 aliphatic rings. The number of nitrogens with two attached hydrogens (primary N) is 2. The Labute approximate surface area is 399 Å². The summed E-state index contributed by atoms with van der Waals surface area (Å²) in [7, 11) is 1.47. The van der Waals surface area contributed by atoms with Crippen LogP contribution >= 0.6 is 0 Å². The van der Waals surface area contributed by atoms with Gasteiger partial charge in [-0.3, -0.25) is 33.9 Å². The molecule has 20 nitrogen and oxygen atoms in total. The zero-order valence-corrected chi connectivity index (χ0v) is 40.6. The van der Waals surface area contributed by atoms with Crippen LogP contribution in [0.4, 0.5) is 10.7 Å². The highest BCUT2D eigenvalue weighted by atomic mass is 16.6. The number of nitrogens with zero attached hydrogens (tertiary/aromatic N) is 9. The van der Waals surface area contributed by atoms with Crippen molar-refractivity contribution in [2.75, 3.05) is 32.1 Å². The molecule has 20 heteroatoms. The van der Waals surface area contributed by atoms with Gasteiger partial charge in [0, 0.05) is 50.4 Å². The van der Waals surface area contributed by atoms with Gasteiger partial charge < -0.3 is 39.7 Å². The molecule has 4 amide bonds. The number of nitrogens with one attached hydrogen (secondary N) is 1. The van der Waals surface area contributed by atoms with Crippen molar-refractivity contribution in [2.24, 2.45) is 17.4 Å². The Bertz CT molecular complexity index is 2940. The van der Waals surface area contributed by atoms with Crippen molar-refractivity contribution >= 4 is 57.6 Å². The summed E-state index contributed by atoms with van der Waals surface area (Å²) in [5.41, 5.74) is 15.4. The summed E-state index contributed by atoms with van der Waals surface area (Å²) in [5, 5.41) is 11.8. The number of imidazole rings is 2. The van der Waals surface area contributed by atoms with Crippen molar-refractivity contribution in [3.05, 3.63) is 88.3 Å². The van der Waals surface area contributed by atoms with Crippen molar-refractivity contribution < 1.29 is 38.2 Å². The molecule has 0 saturated carbocycles. The monoisotopic (exact) mass is 946 g/mol. The fraction of sp³-hybridized carbons (Fsp3) is 0.449. The van der Waals surface area contributed by atoms with Crippen LogP contribution in [0.25, 0.3) is 22.1 Å². The molecule has 7 rings (SSSR count). The number of carbonyl (C=O) groups is 5. The van der Waals surface area contributed by atoms with Crippen LogP contribution in [0.1, 0.15) is 119 Å². The third kappa shape index (κ3) is 11.3. The maximum absolute atomic E-state index is 14.0. The van der Waals surface area contributed by atoms with Crippen molar-refractivity contribution in [3.8, 4) is 11.5 Å². The molecule has 366 valence electrons. The second-order valence-electron chi connectivity index (χ2n) is 18.2. The number of ether oxygens (including phenoxy) is 3. The van der Waals surface area contributed by atoms with Crippen LogP contribution in [0.2, 0.25) is 0 Å². The molecule has 0 radical (unpaired) electrons. The quantitative estimate of drug-likeness (QED) is 0.0454. The summed E-state index contributed by atoms with van der Waals surface area (Å²) in [6, 6.07) is 9.72. The van der Waals surface area contributed by atoms with Crippen molar-refractivity contribution in [3.63, 3.8) is 0 Å². The fourth-order valence-electron chi connectivity index (χ4n) is 8.69. The molecule has 69 heavy (non-hydrogen) atoms. The maximum atomic E-state index is 14.0. The Balaban J connectivity index is 1.19. The van der Waals surface area contributed by atoms with Gasteiger partial charge >= 0.3 is 6.09 Å². The third-order valence-electron chi connectivity index (χ3n) is 12.0. The molecule has 0 aliphatic carbocycles. The minimum absolute atomic E-state index is 0.0868. The standard InChI is InChI=1S/C49H62N12O8/c1-9-60-36(22-29(3)55-60)38(62)28-41-52-34-24-33(45(51)64)27-40(68-21-13-14-31-15-19-57(20-16-31)48(66)69-49(5,6)7)43(34)58(41)17-11-12-18-59-42-35(25-32(44(50)63)26-39(42)67-8)53-47(59)54-46(65)37-23-30(4)56-61(37)10-2/h11-12,22-27,31H,9-10,13-21,28H2,1-8H3,(H2,50,63)(H2,51,64)(H,53,54,65)/b12-11+. The number of amides is 4. The molecule has 0 spiro atoms. The van der Waals surface area contributed by atoms with Gasteiger partial charge in [0.1, 0.15) is 45.3 Å². The highest BCUT2D eigenvalue weighted by Crippen LogP contribution is 2.33. The summed E-state index contributed by atoms with van der Waals surface area (Å²) in [6.07, 6.45) is 6.66. The number of piperidine rings is 1. The number of carbonyl (C=O) groups excluding carboxylic acids is 5. The maximum Gasteiger partial charge on any atom is 0.410 e. The van der Waals surface area contributed by atoms with E-state index >= 15 is 0 Å². The number of fused-ring (bicyclic) bond motifs is 2. The van der Waals surface area contributed by atoms with Crippen LogP contribution in [0.15, 0.2) is 48.6 Å². The normalized spacial score (nSPS) is 13.4. The highest BCUT2D eigenvalue weighted by molar-refractivity contribution is 6.04. The molecule has 2 aromatic carbocycles. The molecule has 1 saturated heterocycles. The minimum Gasteiger partial charge on any atom is -0.494 e. The van der Waals surface area contributed by atoms with Crippen molar-refractivity contribution in [1.82, 2.24) is 43.6 Å². The van der Waals surface area contributed by atoms with Gasteiger partial charge in [-0.15, -0.1) is 0 Å². The summed E-state index contributed by atoms with van der Waals surface area (Å²) >= 11 is 0. The number of aromatic nitrogens is 8. The SMILES string of the molecule is CCn1nc(C)cc1C(=O)Cc1nc2cc(C(N)=O)cc(OCCCC3CCN(C(=O)OC(C)(C)C)CC3)c2n1C/C=C/Cn1c(NC(=O)c2cc(C)nn2CC)nc2cc(C(N)=O)cc(OC)c21. The first kappa shape index (κ1) is 49.4. The van der Waals surface area contributed by atoms with Crippen LogP contribution in [0.3, 0.4) is 0 Å². The lowest BCUT2D eigenvalue weighted by Crippen LogP contribution is -2.41. The number of methoxy groups -OCH3 is 1. The molecule has 0 atom stereocenters. The molecular weight excluding hydrogens is 885 g/mol. The Morgan fingerprint density at radius 1 is 0.783 bits per heavy atom. The van der Waals surface area contributed by atoms with Crippen molar-refractivity contribution in [2.45, 2.75) is 112 Å². The molecule has 0 unspecified atom stereocenters. The summed E-state index contributed by atoms with van der Waals surface area (Å²) in [4.78, 5) is 76.8. The summed E-state index contributed by atoms with van der Waals surface area (Å²) in [5.74, 6) is -0.240. The van der Waals surface area contributed by atoms with Crippen LogP contribution in [-0.2, 0) is 37.3 Å². The average molecular weight is 947 g/mol. The van der Waals surface area contributed by atoms with E-state index in [4.69, 9.17) is 35.6 Å². The number of rotatable bonds is 19. The van der Waals surface area contributed by atoms with E-state index < -0.39 is 23.3 Å².